The molecule has 0 fully saturated rings. The third-order valence-corrected chi connectivity index (χ3v) is 18.5. The Morgan fingerprint density at radius 1 is 0.245 bits per heavy atom. The fourth-order valence-corrected chi connectivity index (χ4v) is 14.2. The fraction of sp³-hybridized carbons (Fsp3) is 0. The Morgan fingerprint density at radius 3 is 1.24 bits per heavy atom. The highest BCUT2D eigenvalue weighted by atomic mass is 15.2. The molecule has 16 aromatic rings. The van der Waals surface area contributed by atoms with E-state index in [2.05, 4.69) is 275 Å². The third kappa shape index (κ3) is 9.28. The number of rotatable bonds is 11. The minimum atomic E-state index is -0.0232. The molecule has 8 nitrogen and oxygen atoms in total. The molecule has 438 valence electrons. The maximum absolute atomic E-state index is 5.38. The number of fused-ring (bicyclic) bond motifs is 7. The van der Waals surface area contributed by atoms with Crippen molar-refractivity contribution in [1.29, 1.82) is 0 Å². The number of benzene rings is 13. The van der Waals surface area contributed by atoms with E-state index in [4.69, 9.17) is 24.9 Å². The van der Waals surface area contributed by atoms with Crippen LogP contribution >= 0.6 is 0 Å². The molecule has 0 aliphatic carbocycles. The van der Waals surface area contributed by atoms with E-state index < -0.39 is 0 Å². The van der Waals surface area contributed by atoms with Crippen molar-refractivity contribution in [3.05, 3.63) is 334 Å². The van der Waals surface area contributed by atoms with Crippen LogP contribution in [0.1, 0.15) is 0 Å². The van der Waals surface area contributed by atoms with E-state index in [1.165, 1.54) is 27.8 Å². The van der Waals surface area contributed by atoms with Crippen LogP contribution in [0.4, 0.5) is 34.1 Å². The van der Waals surface area contributed by atoms with E-state index in [1.807, 2.05) is 72.8 Å². The van der Waals surface area contributed by atoms with Crippen LogP contribution in [-0.4, -0.2) is 36.2 Å². The molecule has 0 spiro atoms. The monoisotopic (exact) mass is 1200 g/mol. The van der Waals surface area contributed by atoms with Crippen LogP contribution in [-0.2, 0) is 0 Å². The quantitative estimate of drug-likeness (QED) is 0.119. The SMILES string of the molecule is c1ccc(-c2cc(-c3ccccc3)nc(-c3ccc(-n4c5ccccc5c5cc(-c6nc(-c7ccccc7)nc(-c7ccccc7)n6)ccc54)c(-c4ccc(-c5ccc6c7c5N(c5ccccc5)c5ccccc5B7c5ccccc5N6c5ccccc5)cc4)c3)n2)cc1. The zero-order valence-electron chi connectivity index (χ0n) is 50.9. The van der Waals surface area contributed by atoms with Gasteiger partial charge in [0.25, 0.3) is 6.71 Å². The average molecular weight is 1200 g/mol. The number of hydrogen-bond donors (Lipinski definition) is 0. The van der Waals surface area contributed by atoms with E-state index >= 15 is 0 Å². The zero-order valence-corrected chi connectivity index (χ0v) is 50.9. The molecule has 2 aliphatic rings. The van der Waals surface area contributed by atoms with Crippen LogP contribution in [0.25, 0.3) is 118 Å². The van der Waals surface area contributed by atoms with E-state index in [9.17, 15) is 0 Å². The molecule has 0 saturated carbocycles. The predicted molar refractivity (Wildman–Crippen MR) is 387 cm³/mol. The summed E-state index contributed by atoms with van der Waals surface area (Å²) in [5.74, 6) is 2.47. The van der Waals surface area contributed by atoms with Gasteiger partial charge in [0.2, 0.25) is 0 Å². The molecule has 0 radical (unpaired) electrons. The highest BCUT2D eigenvalue weighted by Crippen LogP contribution is 2.49. The molecule has 0 saturated heterocycles. The second-order valence-electron chi connectivity index (χ2n) is 23.9. The van der Waals surface area contributed by atoms with Gasteiger partial charge < -0.3 is 14.4 Å². The van der Waals surface area contributed by atoms with Crippen molar-refractivity contribution < 1.29 is 0 Å². The molecular formula is C85H55BN8. The minimum absolute atomic E-state index is 0.0232. The molecule has 9 heteroatoms. The Morgan fingerprint density at radius 2 is 0.660 bits per heavy atom. The lowest BCUT2D eigenvalue weighted by atomic mass is 9.33. The Labute approximate surface area is 544 Å². The maximum Gasteiger partial charge on any atom is 0.252 e. The number of nitrogens with zero attached hydrogens (tertiary/aromatic N) is 8. The molecule has 3 aromatic heterocycles. The van der Waals surface area contributed by atoms with Crippen molar-refractivity contribution in [2.24, 2.45) is 0 Å². The van der Waals surface area contributed by atoms with Gasteiger partial charge in [-0.1, -0.05) is 243 Å². The summed E-state index contributed by atoms with van der Waals surface area (Å²) in [5, 5.41) is 2.18. The summed E-state index contributed by atoms with van der Waals surface area (Å²) in [6.45, 7) is -0.0232. The van der Waals surface area contributed by atoms with Gasteiger partial charge in [0.05, 0.1) is 33.8 Å². The molecule has 5 heterocycles. The first kappa shape index (κ1) is 54.4. The number of para-hydroxylation sites is 5. The number of aromatic nitrogens is 6. The Kier molecular flexibility index (Phi) is 13.1. The molecule has 18 rings (SSSR count). The molecule has 0 unspecified atom stereocenters. The largest absolute Gasteiger partial charge is 0.311 e. The van der Waals surface area contributed by atoms with Gasteiger partial charge in [-0.15, -0.1) is 0 Å². The van der Waals surface area contributed by atoms with Gasteiger partial charge >= 0.3 is 0 Å². The highest BCUT2D eigenvalue weighted by Gasteiger charge is 2.44. The lowest BCUT2D eigenvalue weighted by molar-refractivity contribution is 1.07. The zero-order chi connectivity index (χ0) is 62.1. The van der Waals surface area contributed by atoms with E-state index in [-0.39, 0.29) is 6.71 Å². The summed E-state index contributed by atoms with van der Waals surface area (Å²) in [6.07, 6.45) is 0. The number of hydrogen-bond acceptors (Lipinski definition) is 7. The van der Waals surface area contributed by atoms with Gasteiger partial charge in [0.1, 0.15) is 0 Å². The smallest absolute Gasteiger partial charge is 0.252 e. The molecule has 13 aromatic carbocycles. The second kappa shape index (κ2) is 22.7. The fourth-order valence-electron chi connectivity index (χ4n) is 14.2. The minimum Gasteiger partial charge on any atom is -0.311 e. The molecular weight excluding hydrogens is 1140 g/mol. The van der Waals surface area contributed by atoms with E-state index in [1.54, 1.807) is 0 Å². The lowest BCUT2D eigenvalue weighted by Gasteiger charge is -2.45. The van der Waals surface area contributed by atoms with Crippen molar-refractivity contribution in [3.63, 3.8) is 0 Å². The van der Waals surface area contributed by atoms with Crippen molar-refractivity contribution >= 4 is 79.0 Å². The van der Waals surface area contributed by atoms with Crippen LogP contribution < -0.4 is 26.2 Å². The summed E-state index contributed by atoms with van der Waals surface area (Å²) in [5.41, 5.74) is 25.5. The van der Waals surface area contributed by atoms with Crippen LogP contribution in [0.2, 0.25) is 0 Å². The van der Waals surface area contributed by atoms with Crippen LogP contribution in [0.5, 0.6) is 0 Å². The van der Waals surface area contributed by atoms with Crippen molar-refractivity contribution in [3.8, 4) is 96.0 Å². The van der Waals surface area contributed by atoms with E-state index in [0.29, 0.717) is 23.3 Å². The first-order valence-corrected chi connectivity index (χ1v) is 31.8. The second-order valence-corrected chi connectivity index (χ2v) is 23.9. The maximum atomic E-state index is 5.38. The average Bonchev–Trinajstić information content (AvgIpc) is 0.838. The summed E-state index contributed by atoms with van der Waals surface area (Å²) in [4.78, 5) is 31.1. The summed E-state index contributed by atoms with van der Waals surface area (Å²) in [6, 6.07) is 119. The third-order valence-electron chi connectivity index (χ3n) is 18.5. The molecule has 0 amide bonds. The summed E-state index contributed by atoms with van der Waals surface area (Å²) < 4.78 is 2.41. The van der Waals surface area contributed by atoms with Gasteiger partial charge in [-0.25, -0.2) is 24.9 Å². The van der Waals surface area contributed by atoms with Crippen molar-refractivity contribution in [2.75, 3.05) is 9.80 Å². The normalized spacial score (nSPS) is 12.2. The standard InChI is InChI=1S/C85H55BN8/c1-7-25-58(26-8-1)72-55-73(59-27-9-2-10-28-59)88-84(87-72)62-47-50-75(94-74-40-22-19-37-67(74)69-54-63(48-51-76(69)94)85-90-82(60-29-11-3-12-30-60)89-83(91-85)61-31-13-4-14-32-61)68(53-62)57-45-43-56(44-46-57)66-49-52-79-80-81(66)93(65-35-17-6-18-36-65)78-42-24-21-39-71(78)86(80)70-38-20-23-41-77(70)92(79)64-33-15-5-16-34-64/h1-55H. The first-order valence-electron chi connectivity index (χ1n) is 31.8. The van der Waals surface area contributed by atoms with Crippen molar-refractivity contribution in [1.82, 2.24) is 29.5 Å². The molecule has 94 heavy (non-hydrogen) atoms. The Balaban J connectivity index is 0.841. The molecule has 0 N–H and O–H groups in total. The van der Waals surface area contributed by atoms with Gasteiger partial charge in [-0.3, -0.25) is 0 Å². The lowest BCUT2D eigenvalue weighted by Crippen LogP contribution is -2.61. The van der Waals surface area contributed by atoms with Gasteiger partial charge in [0.15, 0.2) is 23.3 Å². The Bertz CT molecular complexity index is 5430. The highest BCUT2D eigenvalue weighted by molar-refractivity contribution is 7.00. The first-order chi connectivity index (χ1) is 46.6. The van der Waals surface area contributed by atoms with Crippen LogP contribution in [0.15, 0.2) is 334 Å². The van der Waals surface area contributed by atoms with Crippen LogP contribution in [0.3, 0.4) is 0 Å². The predicted octanol–water partition coefficient (Wildman–Crippen LogP) is 19.2. The summed E-state index contributed by atoms with van der Waals surface area (Å²) in [7, 11) is 0. The topological polar surface area (TPSA) is 75.9 Å². The summed E-state index contributed by atoms with van der Waals surface area (Å²) >= 11 is 0. The molecule has 0 bridgehead atoms. The van der Waals surface area contributed by atoms with Gasteiger partial charge in [-0.05, 0) is 119 Å². The van der Waals surface area contributed by atoms with Crippen molar-refractivity contribution in [2.45, 2.75) is 0 Å². The Hall–Kier alpha value is -12.6. The van der Waals surface area contributed by atoms with Crippen LogP contribution in [0, 0.1) is 0 Å². The molecule has 2 aliphatic heterocycles. The number of anilines is 6. The molecule has 0 atom stereocenters. The van der Waals surface area contributed by atoms with E-state index in [0.717, 1.165) is 117 Å². The van der Waals surface area contributed by atoms with Gasteiger partial charge in [-0.2, -0.15) is 0 Å². The van der Waals surface area contributed by atoms with Gasteiger partial charge in [0, 0.05) is 83.7 Å².